The van der Waals surface area contributed by atoms with Crippen molar-refractivity contribution in [3.63, 3.8) is 0 Å². The summed E-state index contributed by atoms with van der Waals surface area (Å²) in [5.41, 5.74) is 1.43. The Hall–Kier alpha value is -2.26. The average molecular weight is 438 g/mol. The molecule has 1 saturated carbocycles. The molecule has 0 radical (unpaired) electrons. The van der Waals surface area contributed by atoms with E-state index in [1.807, 2.05) is 0 Å². The average Bonchev–Trinajstić information content (AvgIpc) is 3.31. The summed E-state index contributed by atoms with van der Waals surface area (Å²) < 4.78 is 0. The second kappa shape index (κ2) is 9.91. The molecule has 1 aliphatic rings. The lowest BCUT2D eigenvalue weighted by atomic mass is 10.3. The molecular weight excluding hydrogens is 410 g/mol. The van der Waals surface area contributed by atoms with Crippen LogP contribution in [0.5, 0.6) is 0 Å². The number of rotatable bonds is 6. The standard InChI is InChI=1S/C29H28P2/c1-5-14-24(15-6-1)30(25-16-7-2-8-17-25)28-22-13-23-29(28)31(26-18-9-3-10-19-26)27-20-11-4-12-21-27/h1-12,14-21,28-29H,13,22-23H2/t28-,29-/m0/s1. The lowest BCUT2D eigenvalue weighted by molar-refractivity contribution is 0.888. The first-order valence-corrected chi connectivity index (χ1v) is 14.0. The molecule has 0 amide bonds. The molecule has 1 fully saturated rings. The molecule has 5 rings (SSSR count). The van der Waals surface area contributed by atoms with Gasteiger partial charge in [0, 0.05) is 0 Å². The van der Waals surface area contributed by atoms with Crippen molar-refractivity contribution in [2.75, 3.05) is 0 Å². The summed E-state index contributed by atoms with van der Waals surface area (Å²) in [5.74, 6) is 0. The highest BCUT2D eigenvalue weighted by Crippen LogP contribution is 2.57. The van der Waals surface area contributed by atoms with Gasteiger partial charge in [0.2, 0.25) is 0 Å². The zero-order valence-corrected chi connectivity index (χ0v) is 19.5. The van der Waals surface area contributed by atoms with Crippen LogP contribution in [0.15, 0.2) is 121 Å². The van der Waals surface area contributed by atoms with Crippen molar-refractivity contribution < 1.29 is 0 Å². The van der Waals surface area contributed by atoms with Gasteiger partial charge in [-0.15, -0.1) is 0 Å². The van der Waals surface area contributed by atoms with E-state index in [1.165, 1.54) is 40.5 Å². The van der Waals surface area contributed by atoms with Crippen molar-refractivity contribution >= 4 is 37.1 Å². The minimum Gasteiger partial charge on any atom is -0.0622 e. The van der Waals surface area contributed by atoms with Crippen molar-refractivity contribution in [3.05, 3.63) is 121 Å². The fourth-order valence-corrected chi connectivity index (χ4v) is 11.7. The first-order chi connectivity index (χ1) is 15.4. The molecular formula is C29H28P2. The van der Waals surface area contributed by atoms with Gasteiger partial charge in [-0.3, -0.25) is 0 Å². The molecule has 0 bridgehead atoms. The summed E-state index contributed by atoms with van der Waals surface area (Å²) in [7, 11) is -0.777. The zero-order chi connectivity index (χ0) is 20.9. The Balaban J connectivity index is 1.60. The van der Waals surface area contributed by atoms with Crippen molar-refractivity contribution in [1.29, 1.82) is 0 Å². The van der Waals surface area contributed by atoms with Gasteiger partial charge in [-0.1, -0.05) is 128 Å². The third-order valence-electron chi connectivity index (χ3n) is 6.24. The smallest absolute Gasteiger partial charge is 0.00551 e. The van der Waals surface area contributed by atoms with Crippen molar-refractivity contribution in [1.82, 2.24) is 0 Å². The molecule has 0 N–H and O–H groups in total. The highest BCUT2D eigenvalue weighted by Gasteiger charge is 2.40. The van der Waals surface area contributed by atoms with E-state index in [-0.39, 0.29) is 15.8 Å². The van der Waals surface area contributed by atoms with E-state index < -0.39 is 0 Å². The summed E-state index contributed by atoms with van der Waals surface area (Å²) in [6, 6.07) is 45.2. The van der Waals surface area contributed by atoms with Gasteiger partial charge >= 0.3 is 0 Å². The fraction of sp³-hybridized carbons (Fsp3) is 0.172. The SMILES string of the molecule is c1ccc(P(c2ccccc2)[C@H]2CCC[C@@H]2P(c2ccccc2)c2ccccc2)cc1. The van der Waals surface area contributed by atoms with Gasteiger partial charge in [-0.25, -0.2) is 0 Å². The fourth-order valence-electron chi connectivity index (χ4n) is 4.94. The lowest BCUT2D eigenvalue weighted by Crippen LogP contribution is -2.31. The van der Waals surface area contributed by atoms with E-state index in [0.717, 1.165) is 0 Å². The van der Waals surface area contributed by atoms with Crippen molar-refractivity contribution in [2.45, 2.75) is 30.6 Å². The number of hydrogen-bond acceptors (Lipinski definition) is 0. The maximum absolute atomic E-state index is 2.36. The third kappa shape index (κ3) is 4.52. The minimum absolute atomic E-state index is 0.388. The molecule has 0 aliphatic heterocycles. The largest absolute Gasteiger partial charge is 0.0622 e. The summed E-state index contributed by atoms with van der Waals surface area (Å²) in [5, 5.41) is 6.10. The molecule has 154 valence electrons. The number of benzene rings is 4. The van der Waals surface area contributed by atoms with Gasteiger partial charge < -0.3 is 0 Å². The maximum Gasteiger partial charge on any atom is -0.00551 e. The van der Waals surface area contributed by atoms with Crippen LogP contribution in [0, 0.1) is 0 Å². The van der Waals surface area contributed by atoms with Crippen molar-refractivity contribution in [3.8, 4) is 0 Å². The normalized spacial score (nSPS) is 18.5. The van der Waals surface area contributed by atoms with E-state index in [4.69, 9.17) is 0 Å². The van der Waals surface area contributed by atoms with E-state index in [9.17, 15) is 0 Å². The Kier molecular flexibility index (Phi) is 6.60. The van der Waals surface area contributed by atoms with Gasteiger partial charge in [0.15, 0.2) is 0 Å². The second-order valence-electron chi connectivity index (χ2n) is 8.15. The molecule has 2 heteroatoms. The van der Waals surface area contributed by atoms with E-state index in [0.29, 0.717) is 11.3 Å². The summed E-state index contributed by atoms with van der Waals surface area (Å²) >= 11 is 0. The molecule has 4 aromatic carbocycles. The summed E-state index contributed by atoms with van der Waals surface area (Å²) in [4.78, 5) is 0. The lowest BCUT2D eigenvalue weighted by Gasteiger charge is -2.35. The summed E-state index contributed by atoms with van der Waals surface area (Å²) in [6.07, 6.45) is 4.00. The Bertz CT molecular complexity index is 897. The van der Waals surface area contributed by atoms with E-state index in [1.54, 1.807) is 0 Å². The molecule has 0 unspecified atom stereocenters. The van der Waals surface area contributed by atoms with Crippen LogP contribution in [-0.4, -0.2) is 11.3 Å². The second-order valence-corrected chi connectivity index (χ2v) is 13.0. The predicted octanol–water partition coefficient (Wildman–Crippen LogP) is 6.17. The monoisotopic (exact) mass is 438 g/mol. The van der Waals surface area contributed by atoms with Crippen LogP contribution in [0.25, 0.3) is 0 Å². The Labute approximate surface area is 188 Å². The zero-order valence-electron chi connectivity index (χ0n) is 17.7. The maximum atomic E-state index is 2.36. The number of hydrogen-bond donors (Lipinski definition) is 0. The Morgan fingerprint density at radius 2 is 0.645 bits per heavy atom. The van der Waals surface area contributed by atoms with Gasteiger partial charge in [-0.05, 0) is 61.2 Å². The van der Waals surface area contributed by atoms with Gasteiger partial charge in [0.25, 0.3) is 0 Å². The van der Waals surface area contributed by atoms with Crippen LogP contribution in [0.1, 0.15) is 19.3 Å². The molecule has 1 aliphatic carbocycles. The van der Waals surface area contributed by atoms with Gasteiger partial charge in [-0.2, -0.15) is 0 Å². The van der Waals surface area contributed by atoms with Crippen LogP contribution in [-0.2, 0) is 0 Å². The first-order valence-electron chi connectivity index (χ1n) is 11.2. The van der Waals surface area contributed by atoms with Crippen LogP contribution < -0.4 is 21.2 Å². The molecule has 0 nitrogen and oxygen atoms in total. The van der Waals surface area contributed by atoms with Crippen molar-refractivity contribution in [2.24, 2.45) is 0 Å². The van der Waals surface area contributed by atoms with E-state index in [2.05, 4.69) is 121 Å². The van der Waals surface area contributed by atoms with Crippen LogP contribution >= 0.6 is 15.8 Å². The van der Waals surface area contributed by atoms with Crippen LogP contribution in [0.2, 0.25) is 0 Å². The third-order valence-corrected chi connectivity index (χ3v) is 12.5. The Morgan fingerprint density at radius 1 is 0.387 bits per heavy atom. The predicted molar refractivity (Wildman–Crippen MR) is 140 cm³/mol. The van der Waals surface area contributed by atoms with Gasteiger partial charge in [0.1, 0.15) is 0 Å². The highest BCUT2D eigenvalue weighted by molar-refractivity contribution is 7.77. The Morgan fingerprint density at radius 3 is 0.903 bits per heavy atom. The highest BCUT2D eigenvalue weighted by atomic mass is 31.1. The molecule has 31 heavy (non-hydrogen) atoms. The van der Waals surface area contributed by atoms with Gasteiger partial charge in [0.05, 0.1) is 0 Å². The quantitative estimate of drug-likeness (QED) is 0.316. The molecule has 0 heterocycles. The molecule has 0 saturated heterocycles. The molecule has 0 aromatic heterocycles. The van der Waals surface area contributed by atoms with Crippen LogP contribution in [0.3, 0.4) is 0 Å². The molecule has 0 spiro atoms. The minimum atomic E-state index is -0.388. The molecule has 2 atom stereocenters. The first kappa shape index (κ1) is 20.6. The van der Waals surface area contributed by atoms with E-state index >= 15 is 0 Å². The van der Waals surface area contributed by atoms with Crippen LogP contribution in [0.4, 0.5) is 0 Å². The topological polar surface area (TPSA) is 0 Å². The summed E-state index contributed by atoms with van der Waals surface area (Å²) in [6.45, 7) is 0. The molecule has 4 aromatic rings.